The van der Waals surface area contributed by atoms with Gasteiger partial charge >= 0.3 is 0 Å². The lowest BCUT2D eigenvalue weighted by Gasteiger charge is -2.47. The molecule has 0 aliphatic carbocycles. The molecule has 2 aliphatic heterocycles. The minimum Gasteiger partial charge on any atom is -0.339 e. The molecule has 39 heavy (non-hydrogen) atoms. The highest BCUT2D eigenvalue weighted by Gasteiger charge is 2.41. The summed E-state index contributed by atoms with van der Waals surface area (Å²) >= 11 is 0. The highest BCUT2D eigenvalue weighted by Crippen LogP contribution is 2.40. The van der Waals surface area contributed by atoms with Crippen molar-refractivity contribution in [2.45, 2.75) is 25.7 Å². The molecule has 3 aromatic rings. The number of non-ortho nitro benzene ring substituents is 1. The molecule has 0 bridgehead atoms. The summed E-state index contributed by atoms with van der Waals surface area (Å²) in [6.07, 6.45) is 3.29. The maximum absolute atomic E-state index is 13.9. The Morgan fingerprint density at radius 1 is 0.795 bits per heavy atom. The van der Waals surface area contributed by atoms with Crippen LogP contribution in [0.2, 0.25) is 0 Å². The zero-order valence-electron chi connectivity index (χ0n) is 21.4. The fraction of sp³-hybridized carbons (Fsp3) is 0.290. The van der Waals surface area contributed by atoms with Gasteiger partial charge in [-0.3, -0.25) is 19.7 Å². The van der Waals surface area contributed by atoms with E-state index in [4.69, 9.17) is 0 Å². The Labute approximate surface area is 226 Å². The minimum atomic E-state index is -0.807. The van der Waals surface area contributed by atoms with E-state index in [1.165, 1.54) is 0 Å². The van der Waals surface area contributed by atoms with Crippen LogP contribution < -0.4 is 0 Å². The van der Waals surface area contributed by atoms with Crippen molar-refractivity contribution >= 4 is 17.5 Å². The molecule has 1 spiro atoms. The van der Waals surface area contributed by atoms with E-state index in [0.29, 0.717) is 44.6 Å². The fourth-order valence-electron chi connectivity index (χ4n) is 5.50. The van der Waals surface area contributed by atoms with Gasteiger partial charge in [0.1, 0.15) is 5.82 Å². The number of nitro groups is 1. The van der Waals surface area contributed by atoms with Crippen molar-refractivity contribution in [1.29, 1.82) is 0 Å². The predicted molar refractivity (Wildman–Crippen MR) is 145 cm³/mol. The normalized spacial score (nSPS) is 16.3. The third-order valence-electron chi connectivity index (χ3n) is 7.66. The Morgan fingerprint density at radius 3 is 2.10 bits per heavy atom. The maximum atomic E-state index is 13.9. The number of hydrogen-bond acceptors (Lipinski definition) is 4. The molecular formula is C31H28FN3O4. The van der Waals surface area contributed by atoms with Crippen LogP contribution >= 0.6 is 0 Å². The van der Waals surface area contributed by atoms with Crippen LogP contribution in [0.3, 0.4) is 0 Å². The molecule has 2 amide bonds. The van der Waals surface area contributed by atoms with E-state index in [9.17, 15) is 24.1 Å². The quantitative estimate of drug-likeness (QED) is 0.264. The summed E-state index contributed by atoms with van der Waals surface area (Å²) in [5, 5.41) is 11.1. The summed E-state index contributed by atoms with van der Waals surface area (Å²) in [5.41, 5.74) is 1.85. The fourth-order valence-corrected chi connectivity index (χ4v) is 5.50. The second-order valence-corrected chi connectivity index (χ2v) is 10.3. The summed E-state index contributed by atoms with van der Waals surface area (Å²) in [6, 6.07) is 20.1. The van der Waals surface area contributed by atoms with Crippen molar-refractivity contribution in [2.75, 3.05) is 26.2 Å². The van der Waals surface area contributed by atoms with Crippen LogP contribution in [0.25, 0.3) is 0 Å². The molecule has 0 radical (unpaired) electrons. The monoisotopic (exact) mass is 525 g/mol. The average Bonchev–Trinajstić information content (AvgIpc) is 2.96. The van der Waals surface area contributed by atoms with E-state index in [1.807, 2.05) is 59.5 Å². The zero-order chi connectivity index (χ0) is 27.4. The largest absolute Gasteiger partial charge is 0.339 e. The molecular weight excluding hydrogens is 497 g/mol. The molecule has 0 unspecified atom stereocenters. The van der Waals surface area contributed by atoms with Crippen molar-refractivity contribution in [2.24, 2.45) is 5.41 Å². The van der Waals surface area contributed by atoms with Gasteiger partial charge in [0.2, 0.25) is 0 Å². The van der Waals surface area contributed by atoms with E-state index >= 15 is 0 Å². The van der Waals surface area contributed by atoms with Crippen molar-refractivity contribution in [1.82, 2.24) is 9.80 Å². The van der Waals surface area contributed by atoms with Gasteiger partial charge in [-0.1, -0.05) is 30.0 Å². The number of halogens is 1. The Hall–Kier alpha value is -4.51. The number of benzene rings is 3. The first-order valence-electron chi connectivity index (χ1n) is 13.0. The third-order valence-corrected chi connectivity index (χ3v) is 7.66. The first kappa shape index (κ1) is 26.1. The number of amides is 2. The number of carbonyl (C=O) groups is 2. The second kappa shape index (κ2) is 11.1. The molecule has 2 fully saturated rings. The minimum absolute atomic E-state index is 0.0118. The first-order valence-corrected chi connectivity index (χ1v) is 13.0. The van der Waals surface area contributed by atoms with Crippen LogP contribution in [-0.2, 0) is 0 Å². The topological polar surface area (TPSA) is 83.8 Å². The molecule has 2 aliphatic rings. The number of carbonyl (C=O) groups excluding carboxylic acids is 2. The summed E-state index contributed by atoms with van der Waals surface area (Å²) < 4.78 is 13.9. The predicted octanol–water partition coefficient (Wildman–Crippen LogP) is 5.29. The van der Waals surface area contributed by atoms with E-state index in [2.05, 4.69) is 11.8 Å². The van der Waals surface area contributed by atoms with Gasteiger partial charge in [0.15, 0.2) is 0 Å². The van der Waals surface area contributed by atoms with Gasteiger partial charge in [0, 0.05) is 54.5 Å². The van der Waals surface area contributed by atoms with E-state index < -0.39 is 22.3 Å². The van der Waals surface area contributed by atoms with Crippen LogP contribution in [0.15, 0.2) is 72.8 Å². The molecule has 3 aromatic carbocycles. The Bertz CT molecular complexity index is 1450. The summed E-state index contributed by atoms with van der Waals surface area (Å²) in [5.74, 6) is 5.02. The van der Waals surface area contributed by atoms with E-state index in [1.54, 1.807) is 4.90 Å². The van der Waals surface area contributed by atoms with Gasteiger partial charge in [-0.15, -0.1) is 0 Å². The van der Waals surface area contributed by atoms with Gasteiger partial charge in [-0.05, 0) is 73.6 Å². The summed E-state index contributed by atoms with van der Waals surface area (Å²) in [4.78, 5) is 40.2. The Balaban J connectivity index is 1.21. The third kappa shape index (κ3) is 5.99. The van der Waals surface area contributed by atoms with Gasteiger partial charge in [0.05, 0.1) is 11.0 Å². The van der Waals surface area contributed by atoms with Crippen molar-refractivity contribution < 1.29 is 18.9 Å². The number of rotatable bonds is 3. The summed E-state index contributed by atoms with van der Waals surface area (Å²) in [7, 11) is 0. The molecule has 0 saturated carbocycles. The van der Waals surface area contributed by atoms with Crippen molar-refractivity contribution in [3.05, 3.63) is 111 Å². The molecule has 5 rings (SSSR count). The molecule has 8 heteroatoms. The molecule has 2 saturated heterocycles. The standard InChI is InChI=1S/C31H28FN3O4/c32-27-19-26(20-28(21-27)35(38)39)30(37)33-17-14-31(15-18-33)13-4-16-34(22-31)29(36)25-11-9-24(10-12-25)8-7-23-5-2-1-3-6-23/h1-3,5-6,9-12,19-21H,4,13-18,22H2. The van der Waals surface area contributed by atoms with Gasteiger partial charge in [-0.25, -0.2) is 4.39 Å². The van der Waals surface area contributed by atoms with Crippen LogP contribution in [0.1, 0.15) is 57.5 Å². The van der Waals surface area contributed by atoms with Crippen LogP contribution in [0.4, 0.5) is 10.1 Å². The van der Waals surface area contributed by atoms with Crippen LogP contribution in [-0.4, -0.2) is 52.7 Å². The van der Waals surface area contributed by atoms with Gasteiger partial charge in [0.25, 0.3) is 17.5 Å². The van der Waals surface area contributed by atoms with E-state index in [-0.39, 0.29) is 16.9 Å². The van der Waals surface area contributed by atoms with E-state index in [0.717, 1.165) is 42.2 Å². The van der Waals surface area contributed by atoms with Gasteiger partial charge < -0.3 is 9.80 Å². The second-order valence-electron chi connectivity index (χ2n) is 10.3. The molecule has 2 heterocycles. The SMILES string of the molecule is O=C(c1cc(F)cc([N+](=O)[O-])c1)N1CCC2(CCCN(C(=O)c3ccc(C#Cc4ccccc4)cc3)C2)CC1. The highest BCUT2D eigenvalue weighted by molar-refractivity contribution is 5.95. The lowest BCUT2D eigenvalue weighted by molar-refractivity contribution is -0.385. The van der Waals surface area contributed by atoms with Crippen molar-refractivity contribution in [3.8, 4) is 11.8 Å². The molecule has 0 atom stereocenters. The number of likely N-dealkylation sites (tertiary alicyclic amines) is 2. The molecule has 7 nitrogen and oxygen atoms in total. The molecule has 198 valence electrons. The first-order chi connectivity index (χ1) is 18.8. The smallest absolute Gasteiger partial charge is 0.273 e. The lowest BCUT2D eigenvalue weighted by Crippen LogP contribution is -2.52. The number of nitro benzene ring substituents is 1. The lowest BCUT2D eigenvalue weighted by atomic mass is 9.72. The Kier molecular flexibility index (Phi) is 7.42. The Morgan fingerprint density at radius 2 is 1.44 bits per heavy atom. The molecule has 0 aromatic heterocycles. The average molecular weight is 526 g/mol. The van der Waals surface area contributed by atoms with Crippen LogP contribution in [0.5, 0.6) is 0 Å². The number of piperidine rings is 2. The number of hydrogen-bond donors (Lipinski definition) is 0. The van der Waals surface area contributed by atoms with Crippen LogP contribution in [0, 0.1) is 33.2 Å². The zero-order valence-corrected chi connectivity index (χ0v) is 21.4. The molecule has 0 N–H and O–H groups in total. The van der Waals surface area contributed by atoms with Crippen molar-refractivity contribution in [3.63, 3.8) is 0 Å². The number of nitrogens with zero attached hydrogens (tertiary/aromatic N) is 3. The summed E-state index contributed by atoms with van der Waals surface area (Å²) in [6.45, 7) is 2.22. The maximum Gasteiger partial charge on any atom is 0.273 e. The highest BCUT2D eigenvalue weighted by atomic mass is 19.1. The van der Waals surface area contributed by atoms with Gasteiger partial charge in [-0.2, -0.15) is 0 Å².